The van der Waals surface area contributed by atoms with Crippen LogP contribution in [0.15, 0.2) is 0 Å². The minimum absolute atomic E-state index is 0.119. The second kappa shape index (κ2) is 15.2. The summed E-state index contributed by atoms with van der Waals surface area (Å²) < 4.78 is 88.8. The number of hydrogen-bond acceptors (Lipinski definition) is 15. The van der Waals surface area contributed by atoms with Gasteiger partial charge < -0.3 is 64.8 Å². The van der Waals surface area contributed by atoms with Crippen LogP contribution in [0, 0.1) is 0 Å². The second-order valence-corrected chi connectivity index (χ2v) is 18.8. The Morgan fingerprint density at radius 2 is 0.486 bits per heavy atom. The van der Waals surface area contributed by atoms with Crippen molar-refractivity contribution in [2.45, 2.75) is 34.6 Å². The molecule has 0 N–H and O–H groups in total. The van der Waals surface area contributed by atoms with Gasteiger partial charge in [0.2, 0.25) is 0 Å². The van der Waals surface area contributed by atoms with Crippen LogP contribution in [0.1, 0.15) is 34.6 Å². The third-order valence-corrected chi connectivity index (χ3v) is 19.8. The Bertz CT molecular complexity index is 479. The van der Waals surface area contributed by atoms with E-state index in [0.29, 0.717) is 0 Å². The molecule has 1 fully saturated rings. The van der Waals surface area contributed by atoms with Crippen LogP contribution in [0.25, 0.3) is 0 Å². The maximum atomic E-state index is 6.22. The van der Waals surface area contributed by atoms with E-state index in [0.717, 1.165) is 0 Å². The monoisotopic (exact) mass is 600 g/mol. The van der Waals surface area contributed by atoms with Crippen LogP contribution in [-0.2, 0) is 64.8 Å². The lowest BCUT2D eigenvalue weighted by molar-refractivity contribution is -0.0954. The maximum absolute atomic E-state index is 6.22. The van der Waals surface area contributed by atoms with Gasteiger partial charge in [0.25, 0.3) is 0 Å². The highest BCUT2D eigenvalue weighted by atomic mass is 28.6. The Morgan fingerprint density at radius 3 is 0.571 bits per heavy atom. The van der Waals surface area contributed by atoms with Crippen molar-refractivity contribution in [1.29, 1.82) is 0 Å². The fourth-order valence-corrected chi connectivity index (χ4v) is 19.6. The molecule has 0 spiro atoms. The molecule has 0 aromatic rings. The third kappa shape index (κ3) is 8.49. The second-order valence-electron chi connectivity index (χ2n) is 6.20. The molecule has 15 nitrogen and oxygen atoms in total. The van der Waals surface area contributed by atoms with E-state index in [2.05, 4.69) is 0 Å². The van der Waals surface area contributed by atoms with Gasteiger partial charge in [-0.3, -0.25) is 0 Å². The van der Waals surface area contributed by atoms with Gasteiger partial charge in [0, 0.05) is 68.6 Å². The minimum atomic E-state index is -4.24. The van der Waals surface area contributed by atoms with E-state index in [1.807, 2.05) is 0 Å². The summed E-state index contributed by atoms with van der Waals surface area (Å²) in [7, 11) is -14.5. The largest absolute Gasteiger partial charge is 0.667 e. The van der Waals surface area contributed by atoms with Crippen molar-refractivity contribution in [3.05, 3.63) is 0 Å². The summed E-state index contributed by atoms with van der Waals surface area (Å²) in [5.41, 5.74) is 0. The summed E-state index contributed by atoms with van der Waals surface area (Å²) in [4.78, 5) is 0. The predicted molar refractivity (Wildman–Crippen MR) is 127 cm³/mol. The molecular weight excluding hydrogens is 561 g/mol. The summed E-state index contributed by atoms with van der Waals surface area (Å²) in [5, 5.41) is 0. The first-order valence-corrected chi connectivity index (χ1v) is 19.3. The van der Waals surface area contributed by atoms with Gasteiger partial charge in [0.15, 0.2) is 0 Å². The van der Waals surface area contributed by atoms with E-state index in [-0.39, 0.29) is 33.0 Å². The van der Waals surface area contributed by atoms with Crippen molar-refractivity contribution >= 4 is 45.2 Å². The van der Waals surface area contributed by atoms with Gasteiger partial charge in [0.05, 0.1) is 0 Å². The Hall–Kier alpha value is 0.484. The van der Waals surface area contributed by atoms with Gasteiger partial charge in [-0.1, -0.05) is 0 Å². The molecule has 1 rings (SSSR count). The normalized spacial score (nSPS) is 36.9. The molecule has 0 aromatic heterocycles. The standard InChI is InChI=1S/C15H40O15Si5/c1-11-21-31(16-6)26-32(17-7,22-12-2)28-34(19-9,24-14-4)30-35(20-10,25-15-5)29-33(18-8,27-31)23-13-3/h11-15H2,1-10H3. The van der Waals surface area contributed by atoms with Crippen LogP contribution in [0.3, 0.4) is 0 Å². The van der Waals surface area contributed by atoms with Crippen LogP contribution in [0.4, 0.5) is 0 Å². The van der Waals surface area contributed by atoms with Gasteiger partial charge in [-0.15, -0.1) is 0 Å². The molecule has 1 aliphatic heterocycles. The first-order chi connectivity index (χ1) is 16.6. The van der Waals surface area contributed by atoms with Crippen LogP contribution < -0.4 is 0 Å². The van der Waals surface area contributed by atoms with Crippen molar-refractivity contribution < 1.29 is 64.8 Å². The Morgan fingerprint density at radius 1 is 0.343 bits per heavy atom. The molecule has 0 bridgehead atoms. The van der Waals surface area contributed by atoms with Crippen LogP contribution >= 0.6 is 0 Å². The van der Waals surface area contributed by atoms with Crippen molar-refractivity contribution in [2.24, 2.45) is 0 Å². The number of rotatable bonds is 15. The molecule has 0 aliphatic carbocycles. The first kappa shape index (κ1) is 33.5. The predicted octanol–water partition coefficient (Wildman–Crippen LogP) is 0.676. The summed E-state index contributed by atoms with van der Waals surface area (Å²) >= 11 is 0. The SMILES string of the molecule is CCO[Si]1(OC)O[Si](OC)(OCC)O[Si](OC)(OCC)O[Si](OC)(OCC)O[Si](OC)(OCC)O1. The summed E-state index contributed by atoms with van der Waals surface area (Å²) in [5.74, 6) is 0. The molecule has 0 aromatic carbocycles. The highest BCUT2D eigenvalue weighted by Gasteiger charge is 2.74. The smallest absolute Gasteiger partial charge is 0.355 e. The molecule has 0 atom stereocenters. The highest BCUT2D eigenvalue weighted by molar-refractivity contribution is 6.83. The lowest BCUT2D eigenvalue weighted by Crippen LogP contribution is -2.75. The van der Waals surface area contributed by atoms with Crippen LogP contribution in [0.5, 0.6) is 0 Å². The van der Waals surface area contributed by atoms with E-state index in [9.17, 15) is 0 Å². The van der Waals surface area contributed by atoms with Gasteiger partial charge in [-0.25, -0.2) is 0 Å². The first-order valence-electron chi connectivity index (χ1n) is 11.1. The zero-order chi connectivity index (χ0) is 26.6. The fraction of sp³-hybridized carbons (Fsp3) is 1.00. The molecule has 1 heterocycles. The van der Waals surface area contributed by atoms with Crippen LogP contribution in [-0.4, -0.2) is 114 Å². The van der Waals surface area contributed by atoms with E-state index in [1.54, 1.807) is 34.6 Å². The third-order valence-electron chi connectivity index (χ3n) is 4.11. The minimum Gasteiger partial charge on any atom is -0.355 e. The van der Waals surface area contributed by atoms with Crippen molar-refractivity contribution in [2.75, 3.05) is 68.6 Å². The highest BCUT2D eigenvalue weighted by Crippen LogP contribution is 2.34. The number of hydrogen-bond donors (Lipinski definition) is 0. The van der Waals surface area contributed by atoms with Crippen molar-refractivity contribution in [1.82, 2.24) is 0 Å². The molecule has 0 unspecified atom stereocenters. The molecule has 0 amide bonds. The lowest BCUT2D eigenvalue weighted by atomic mass is 10.9. The molecule has 0 saturated carbocycles. The molecular formula is C15H40O15Si5. The molecule has 210 valence electrons. The Labute approximate surface area is 213 Å². The summed E-state index contributed by atoms with van der Waals surface area (Å²) in [6.45, 7) is 9.21. The van der Waals surface area contributed by atoms with Crippen molar-refractivity contribution in [3.8, 4) is 0 Å². The maximum Gasteiger partial charge on any atom is 0.667 e. The van der Waals surface area contributed by atoms with E-state index in [1.165, 1.54) is 35.5 Å². The van der Waals surface area contributed by atoms with Crippen molar-refractivity contribution in [3.63, 3.8) is 0 Å². The molecule has 1 saturated heterocycles. The summed E-state index contributed by atoms with van der Waals surface area (Å²) in [6, 6.07) is 0. The molecule has 35 heavy (non-hydrogen) atoms. The van der Waals surface area contributed by atoms with E-state index in [4.69, 9.17) is 64.8 Å². The van der Waals surface area contributed by atoms with Gasteiger partial charge in [-0.05, 0) is 34.6 Å². The topological polar surface area (TPSA) is 138 Å². The van der Waals surface area contributed by atoms with Crippen LogP contribution in [0.2, 0.25) is 0 Å². The molecule has 20 heteroatoms. The van der Waals surface area contributed by atoms with Gasteiger partial charge in [-0.2, -0.15) is 0 Å². The summed E-state index contributed by atoms with van der Waals surface area (Å²) in [6.07, 6.45) is 0. The average Bonchev–Trinajstić information content (AvgIpc) is 2.84. The quantitative estimate of drug-likeness (QED) is 0.243. The zero-order valence-corrected chi connectivity index (χ0v) is 27.2. The van der Waals surface area contributed by atoms with Gasteiger partial charge in [0.1, 0.15) is 0 Å². The zero-order valence-electron chi connectivity index (χ0n) is 22.2. The fourth-order valence-electron chi connectivity index (χ4n) is 2.76. The van der Waals surface area contributed by atoms with Gasteiger partial charge >= 0.3 is 45.2 Å². The lowest BCUT2D eigenvalue weighted by Gasteiger charge is -2.44. The van der Waals surface area contributed by atoms with E-state index < -0.39 is 45.2 Å². The average molecular weight is 601 g/mol. The Kier molecular flexibility index (Phi) is 14.5. The Balaban J connectivity index is 3.96. The molecule has 1 aliphatic rings. The van der Waals surface area contributed by atoms with E-state index >= 15 is 0 Å². The molecule has 0 radical (unpaired) electrons.